The number of aromatic nitrogens is 2. The van der Waals surface area contributed by atoms with E-state index in [1.807, 2.05) is 6.07 Å². The number of hydrogen-bond acceptors (Lipinski definition) is 5. The van der Waals surface area contributed by atoms with Crippen molar-refractivity contribution in [3.8, 4) is 0 Å². The Hall–Kier alpha value is -3.52. The summed E-state index contributed by atoms with van der Waals surface area (Å²) in [4.78, 5) is 22.3. The van der Waals surface area contributed by atoms with Crippen LogP contribution in [0, 0.1) is 11.2 Å². The molecule has 0 unspecified atom stereocenters. The molecule has 0 aliphatic carbocycles. The second-order valence-electron chi connectivity index (χ2n) is 6.80. The third-order valence-corrected chi connectivity index (χ3v) is 4.96. The highest BCUT2D eigenvalue weighted by Crippen LogP contribution is 2.22. The maximum atomic E-state index is 14.1. The van der Waals surface area contributed by atoms with E-state index >= 15 is 0 Å². The fourth-order valence-corrected chi connectivity index (χ4v) is 3.22. The van der Waals surface area contributed by atoms with Crippen LogP contribution in [0.3, 0.4) is 0 Å². The molecule has 1 aliphatic rings. The van der Waals surface area contributed by atoms with Crippen LogP contribution in [0.25, 0.3) is 16.6 Å². The quantitative estimate of drug-likeness (QED) is 0.560. The molecule has 0 saturated carbocycles. The first-order valence-electron chi connectivity index (χ1n) is 9.15. The lowest BCUT2D eigenvalue weighted by molar-refractivity contribution is -0.0569. The van der Waals surface area contributed by atoms with Gasteiger partial charge in [-0.15, -0.1) is 0 Å². The Balaban J connectivity index is 1.66. The molecule has 7 nitrogen and oxygen atoms in total. The Bertz CT molecular complexity index is 1100. The number of nitrogens with two attached hydrogens (primary N) is 1. The van der Waals surface area contributed by atoms with E-state index in [2.05, 4.69) is 9.97 Å². The van der Waals surface area contributed by atoms with Crippen LogP contribution in [0.15, 0.2) is 48.7 Å². The lowest BCUT2D eigenvalue weighted by Crippen LogP contribution is -2.51. The van der Waals surface area contributed by atoms with E-state index in [1.165, 1.54) is 12.3 Å². The normalized spacial score (nSPS) is 14.6. The highest BCUT2D eigenvalue weighted by atomic mass is 19.1. The molecular formula is C21H20FN5O2. The van der Waals surface area contributed by atoms with Crippen molar-refractivity contribution in [2.75, 3.05) is 13.2 Å². The second kappa shape index (κ2) is 7.84. The van der Waals surface area contributed by atoms with E-state index < -0.39 is 0 Å². The van der Waals surface area contributed by atoms with Crippen molar-refractivity contribution >= 4 is 28.7 Å². The molecule has 3 heterocycles. The minimum atomic E-state index is -0.346. The van der Waals surface area contributed by atoms with E-state index in [0.29, 0.717) is 41.4 Å². The third kappa shape index (κ3) is 3.62. The minimum Gasteiger partial charge on any atom is -0.404 e. The maximum absolute atomic E-state index is 14.1. The molecule has 0 spiro atoms. The van der Waals surface area contributed by atoms with E-state index in [9.17, 15) is 9.18 Å². The van der Waals surface area contributed by atoms with Gasteiger partial charge >= 0.3 is 0 Å². The van der Waals surface area contributed by atoms with Gasteiger partial charge in [-0.1, -0.05) is 18.2 Å². The molecule has 0 atom stereocenters. The summed E-state index contributed by atoms with van der Waals surface area (Å²) in [6, 6.07) is 11.6. The van der Waals surface area contributed by atoms with Gasteiger partial charge in [0.05, 0.1) is 24.9 Å². The number of carbonyl (C=O) groups excluding carboxylic acids is 1. The van der Waals surface area contributed by atoms with Crippen molar-refractivity contribution in [3.05, 3.63) is 71.4 Å². The molecule has 1 amide bonds. The summed E-state index contributed by atoms with van der Waals surface area (Å²) in [6.45, 7) is 1.00. The molecule has 29 heavy (non-hydrogen) atoms. The van der Waals surface area contributed by atoms with Gasteiger partial charge in [-0.05, 0) is 24.3 Å². The van der Waals surface area contributed by atoms with Gasteiger partial charge in [0.2, 0.25) is 0 Å². The summed E-state index contributed by atoms with van der Waals surface area (Å²) in [5.74, 6) is -0.594. The Morgan fingerprint density at radius 2 is 2.14 bits per heavy atom. The zero-order valence-corrected chi connectivity index (χ0v) is 15.6. The van der Waals surface area contributed by atoms with Gasteiger partial charge in [-0.25, -0.2) is 9.37 Å². The van der Waals surface area contributed by atoms with Crippen molar-refractivity contribution < 1.29 is 13.9 Å². The molecule has 0 bridgehead atoms. The van der Waals surface area contributed by atoms with Gasteiger partial charge in [0.25, 0.3) is 5.91 Å². The second-order valence-corrected chi connectivity index (χ2v) is 6.80. The number of amides is 1. The summed E-state index contributed by atoms with van der Waals surface area (Å²) >= 11 is 0. The third-order valence-electron chi connectivity index (χ3n) is 4.96. The van der Waals surface area contributed by atoms with Gasteiger partial charge in [-0.3, -0.25) is 4.79 Å². The number of nitrogens with zero attached hydrogens (tertiary/aromatic N) is 2. The van der Waals surface area contributed by atoms with Crippen LogP contribution >= 0.6 is 0 Å². The van der Waals surface area contributed by atoms with Crippen molar-refractivity contribution in [3.63, 3.8) is 0 Å². The largest absolute Gasteiger partial charge is 0.404 e. The number of rotatable bonds is 6. The number of fused-ring (bicyclic) bond motifs is 1. The van der Waals surface area contributed by atoms with Crippen LogP contribution in [-0.2, 0) is 11.3 Å². The molecule has 1 aromatic carbocycles. The number of carbonyl (C=O) groups is 1. The van der Waals surface area contributed by atoms with Crippen LogP contribution in [0.1, 0.15) is 21.7 Å². The molecule has 1 saturated heterocycles. The number of allylic oxidation sites excluding steroid dienone is 1. The Labute approximate surface area is 166 Å². The van der Waals surface area contributed by atoms with Crippen molar-refractivity contribution in [1.82, 2.24) is 14.9 Å². The number of nitrogens with one attached hydrogen (secondary N) is 2. The molecule has 4 rings (SSSR count). The van der Waals surface area contributed by atoms with Gasteiger partial charge in [-0.2, -0.15) is 0 Å². The molecule has 2 aromatic heterocycles. The lowest BCUT2D eigenvalue weighted by atomic mass is 10.1. The van der Waals surface area contributed by atoms with E-state index in [-0.39, 0.29) is 24.3 Å². The predicted octanol–water partition coefficient (Wildman–Crippen LogP) is 2.69. The number of benzene rings is 1. The molecule has 8 heteroatoms. The first-order valence-corrected chi connectivity index (χ1v) is 9.15. The van der Waals surface area contributed by atoms with E-state index in [1.54, 1.807) is 35.2 Å². The topological polar surface area (TPSA) is 108 Å². The molecular weight excluding hydrogens is 373 g/mol. The monoisotopic (exact) mass is 393 g/mol. The standard InChI is InChI=1S/C21H20FN5O2/c22-17-4-2-1-3-14(17)10-27(16-11-29-12-16)21(28)19-7-13-5-6-18(15(8-23)9-24)25-20(13)26-19/h1-9,16,23H,10-12,24H2,(H,25,26)/b15-9+,23-8?. The average molecular weight is 393 g/mol. The smallest absolute Gasteiger partial charge is 0.271 e. The molecule has 1 fully saturated rings. The summed E-state index contributed by atoms with van der Waals surface area (Å²) < 4.78 is 19.4. The van der Waals surface area contributed by atoms with Gasteiger partial charge in [0.15, 0.2) is 0 Å². The Morgan fingerprint density at radius 1 is 1.34 bits per heavy atom. The summed E-state index contributed by atoms with van der Waals surface area (Å²) in [5, 5.41) is 8.17. The summed E-state index contributed by atoms with van der Waals surface area (Å²) in [6.07, 6.45) is 2.43. The van der Waals surface area contributed by atoms with Crippen LogP contribution in [-0.4, -0.2) is 46.2 Å². The SMILES string of the molecule is N=C/C(=C\N)c1ccc2cc(C(=O)N(Cc3ccccc3F)C3COC3)[nH]c2n1. The average Bonchev–Trinajstić information content (AvgIpc) is 3.11. The zero-order chi connectivity index (χ0) is 20.4. The minimum absolute atomic E-state index is 0.110. The zero-order valence-electron chi connectivity index (χ0n) is 15.6. The van der Waals surface area contributed by atoms with E-state index in [4.69, 9.17) is 15.9 Å². The van der Waals surface area contributed by atoms with Crippen LogP contribution < -0.4 is 5.73 Å². The number of hydrogen-bond donors (Lipinski definition) is 3. The molecule has 0 radical (unpaired) electrons. The molecule has 3 aromatic rings. The van der Waals surface area contributed by atoms with Crippen LogP contribution in [0.4, 0.5) is 4.39 Å². The van der Waals surface area contributed by atoms with Crippen LogP contribution in [0.5, 0.6) is 0 Å². The molecule has 1 aliphatic heterocycles. The number of aromatic amines is 1. The first-order chi connectivity index (χ1) is 14.1. The number of pyridine rings is 1. The van der Waals surface area contributed by atoms with Gasteiger partial charge in [0, 0.05) is 35.5 Å². The predicted molar refractivity (Wildman–Crippen MR) is 108 cm³/mol. The Morgan fingerprint density at radius 3 is 2.79 bits per heavy atom. The Kier molecular flexibility index (Phi) is 5.09. The van der Waals surface area contributed by atoms with Crippen molar-refractivity contribution in [2.45, 2.75) is 12.6 Å². The number of halogens is 1. The summed E-state index contributed by atoms with van der Waals surface area (Å²) in [7, 11) is 0. The van der Waals surface area contributed by atoms with Gasteiger partial charge in [0.1, 0.15) is 17.2 Å². The van der Waals surface area contributed by atoms with E-state index in [0.717, 1.165) is 11.6 Å². The molecule has 4 N–H and O–H groups in total. The fourth-order valence-electron chi connectivity index (χ4n) is 3.22. The summed E-state index contributed by atoms with van der Waals surface area (Å²) in [5.41, 5.74) is 7.86. The van der Waals surface area contributed by atoms with Crippen LogP contribution in [0.2, 0.25) is 0 Å². The fraction of sp³-hybridized carbons (Fsp3) is 0.190. The number of ether oxygens (including phenoxy) is 1. The maximum Gasteiger partial charge on any atom is 0.271 e. The van der Waals surface area contributed by atoms with Crippen molar-refractivity contribution in [2.24, 2.45) is 5.73 Å². The highest BCUT2D eigenvalue weighted by molar-refractivity contribution is 6.08. The highest BCUT2D eigenvalue weighted by Gasteiger charge is 2.32. The van der Waals surface area contributed by atoms with Gasteiger partial charge < -0.3 is 25.8 Å². The van der Waals surface area contributed by atoms with Crippen molar-refractivity contribution in [1.29, 1.82) is 5.41 Å². The first kappa shape index (κ1) is 18.8. The molecule has 148 valence electrons. The lowest BCUT2D eigenvalue weighted by Gasteiger charge is -2.37. The number of H-pyrrole nitrogens is 1.